The van der Waals surface area contributed by atoms with Crippen LogP contribution in [-0.4, -0.2) is 13.7 Å². The van der Waals surface area contributed by atoms with Gasteiger partial charge in [-0.1, -0.05) is 26.2 Å². The predicted octanol–water partition coefficient (Wildman–Crippen LogP) is 3.56. The Kier molecular flexibility index (Phi) is 4.46. The van der Waals surface area contributed by atoms with Gasteiger partial charge in [0.15, 0.2) is 0 Å². The predicted molar refractivity (Wildman–Crippen MR) is 76.1 cm³/mol. The molecule has 0 heterocycles. The molecule has 1 aromatic rings. The lowest BCUT2D eigenvalue weighted by molar-refractivity contribution is 0.287. The first-order valence-corrected chi connectivity index (χ1v) is 7.24. The second kappa shape index (κ2) is 5.91. The van der Waals surface area contributed by atoms with Gasteiger partial charge in [0, 0.05) is 23.6 Å². The van der Waals surface area contributed by atoms with E-state index in [1.54, 1.807) is 7.11 Å². The second-order valence-corrected chi connectivity index (χ2v) is 5.54. The van der Waals surface area contributed by atoms with E-state index in [2.05, 4.69) is 0 Å². The van der Waals surface area contributed by atoms with Crippen molar-refractivity contribution in [2.45, 2.75) is 50.9 Å². The number of rotatable bonds is 4. The molecule has 1 aromatic carbocycles. The van der Waals surface area contributed by atoms with Crippen molar-refractivity contribution in [3.63, 3.8) is 0 Å². The lowest BCUT2D eigenvalue weighted by atomic mass is 9.69. The second-order valence-electron chi connectivity index (χ2n) is 5.54. The molecule has 106 valence electrons. The molecule has 0 amide bonds. The molecule has 2 nitrogen and oxygen atoms in total. The average Bonchev–Trinajstić information content (AvgIpc) is 2.47. The number of methoxy groups -OCH3 is 1. The number of nitrogens with two attached hydrogens (primary N) is 1. The highest BCUT2D eigenvalue weighted by molar-refractivity contribution is 5.44. The summed E-state index contributed by atoms with van der Waals surface area (Å²) in [6, 6.07) is 3.51. The van der Waals surface area contributed by atoms with Gasteiger partial charge in [0.25, 0.3) is 0 Å². The minimum absolute atomic E-state index is 0.0266. The van der Waals surface area contributed by atoms with Crippen LogP contribution < -0.4 is 10.5 Å². The van der Waals surface area contributed by atoms with E-state index in [-0.39, 0.29) is 11.2 Å². The third-order valence-corrected chi connectivity index (χ3v) is 4.52. The summed E-state index contributed by atoms with van der Waals surface area (Å²) in [6.07, 6.45) is 6.51. The van der Waals surface area contributed by atoms with Crippen LogP contribution in [-0.2, 0) is 11.8 Å². The number of ether oxygens (including phenoxy) is 1. The highest BCUT2D eigenvalue weighted by atomic mass is 19.1. The highest BCUT2D eigenvalue weighted by Crippen LogP contribution is 2.43. The van der Waals surface area contributed by atoms with Crippen molar-refractivity contribution in [3.8, 4) is 5.75 Å². The Morgan fingerprint density at radius 1 is 1.26 bits per heavy atom. The quantitative estimate of drug-likeness (QED) is 0.903. The molecular formula is C16H24FNO. The maximum Gasteiger partial charge on any atom is 0.130 e. The van der Waals surface area contributed by atoms with Gasteiger partial charge in [0.1, 0.15) is 11.6 Å². The van der Waals surface area contributed by atoms with E-state index >= 15 is 0 Å². The molecular weight excluding hydrogens is 241 g/mol. The Balaban J connectivity index is 2.51. The van der Waals surface area contributed by atoms with E-state index in [1.165, 1.54) is 25.3 Å². The van der Waals surface area contributed by atoms with Gasteiger partial charge in [-0.3, -0.25) is 0 Å². The zero-order chi connectivity index (χ0) is 13.9. The number of hydrogen-bond donors (Lipinski definition) is 1. The first kappa shape index (κ1) is 14.3. The Hall–Kier alpha value is -1.09. The molecule has 3 heteroatoms. The highest BCUT2D eigenvalue weighted by Gasteiger charge is 2.35. The molecule has 0 radical (unpaired) electrons. The van der Waals surface area contributed by atoms with Crippen molar-refractivity contribution < 1.29 is 9.13 Å². The smallest absolute Gasteiger partial charge is 0.130 e. The minimum Gasteiger partial charge on any atom is -0.496 e. The summed E-state index contributed by atoms with van der Waals surface area (Å²) in [5.74, 6) is 0.480. The topological polar surface area (TPSA) is 35.2 Å². The average molecular weight is 265 g/mol. The molecule has 0 aliphatic heterocycles. The number of benzene rings is 1. The molecule has 1 fully saturated rings. The third-order valence-electron chi connectivity index (χ3n) is 4.52. The normalized spacial score (nSPS) is 18.3. The van der Waals surface area contributed by atoms with E-state index in [9.17, 15) is 4.39 Å². The SMILES string of the molecule is CCc1cc(C2(CN)CCCCC2)c(OC)cc1F. The molecule has 1 aliphatic rings. The molecule has 0 spiro atoms. The number of hydrogen-bond acceptors (Lipinski definition) is 2. The summed E-state index contributed by atoms with van der Waals surface area (Å²) in [5, 5.41) is 0. The monoisotopic (exact) mass is 265 g/mol. The van der Waals surface area contributed by atoms with Gasteiger partial charge >= 0.3 is 0 Å². The van der Waals surface area contributed by atoms with Crippen molar-refractivity contribution >= 4 is 0 Å². The van der Waals surface area contributed by atoms with Gasteiger partial charge in [-0.05, 0) is 30.9 Å². The van der Waals surface area contributed by atoms with E-state index in [4.69, 9.17) is 10.5 Å². The Morgan fingerprint density at radius 3 is 2.47 bits per heavy atom. The largest absolute Gasteiger partial charge is 0.496 e. The summed E-state index contributed by atoms with van der Waals surface area (Å²) < 4.78 is 19.3. The van der Waals surface area contributed by atoms with Crippen LogP contribution in [0.2, 0.25) is 0 Å². The summed E-state index contributed by atoms with van der Waals surface area (Å²) in [7, 11) is 1.61. The fourth-order valence-electron chi connectivity index (χ4n) is 3.27. The number of aryl methyl sites for hydroxylation is 1. The summed E-state index contributed by atoms with van der Waals surface area (Å²) in [6.45, 7) is 2.59. The van der Waals surface area contributed by atoms with Crippen LogP contribution >= 0.6 is 0 Å². The van der Waals surface area contributed by atoms with Gasteiger partial charge in [-0.25, -0.2) is 4.39 Å². The fourth-order valence-corrected chi connectivity index (χ4v) is 3.27. The zero-order valence-corrected chi connectivity index (χ0v) is 12.0. The van der Waals surface area contributed by atoms with Gasteiger partial charge in [-0.15, -0.1) is 0 Å². The van der Waals surface area contributed by atoms with Crippen LogP contribution in [0.5, 0.6) is 5.75 Å². The number of halogens is 1. The lowest BCUT2D eigenvalue weighted by Crippen LogP contribution is -2.37. The van der Waals surface area contributed by atoms with Crippen molar-refractivity contribution in [1.29, 1.82) is 0 Å². The maximum atomic E-state index is 13.9. The van der Waals surface area contributed by atoms with Gasteiger partial charge < -0.3 is 10.5 Å². The summed E-state index contributed by atoms with van der Waals surface area (Å²) >= 11 is 0. The van der Waals surface area contributed by atoms with Crippen molar-refractivity contribution in [3.05, 3.63) is 29.1 Å². The molecule has 0 unspecified atom stereocenters. The van der Waals surface area contributed by atoms with Crippen LogP contribution in [0.3, 0.4) is 0 Å². The van der Waals surface area contributed by atoms with Crippen molar-refractivity contribution in [1.82, 2.24) is 0 Å². The Morgan fingerprint density at radius 2 is 1.95 bits per heavy atom. The van der Waals surface area contributed by atoms with Crippen LogP contribution in [0.4, 0.5) is 4.39 Å². The van der Waals surface area contributed by atoms with E-state index < -0.39 is 0 Å². The van der Waals surface area contributed by atoms with E-state index in [0.29, 0.717) is 18.7 Å². The van der Waals surface area contributed by atoms with Crippen molar-refractivity contribution in [2.24, 2.45) is 5.73 Å². The third kappa shape index (κ3) is 2.62. The summed E-state index contributed by atoms with van der Waals surface area (Å²) in [5.41, 5.74) is 7.91. The van der Waals surface area contributed by atoms with Crippen LogP contribution in [0, 0.1) is 5.82 Å². The molecule has 0 bridgehead atoms. The molecule has 19 heavy (non-hydrogen) atoms. The van der Waals surface area contributed by atoms with Gasteiger partial charge in [0.05, 0.1) is 7.11 Å². The standard InChI is InChI=1S/C16H24FNO/c1-3-12-9-13(15(19-2)10-14(12)17)16(11-18)7-5-4-6-8-16/h9-10H,3-8,11,18H2,1-2H3. The van der Waals surface area contributed by atoms with E-state index in [1.807, 2.05) is 13.0 Å². The van der Waals surface area contributed by atoms with Gasteiger partial charge in [0.2, 0.25) is 0 Å². The molecule has 1 saturated carbocycles. The Labute approximate surface area is 115 Å². The molecule has 2 rings (SSSR count). The Bertz CT molecular complexity index is 439. The fraction of sp³-hybridized carbons (Fsp3) is 0.625. The molecule has 0 aromatic heterocycles. The van der Waals surface area contributed by atoms with Crippen LogP contribution in [0.1, 0.15) is 50.2 Å². The van der Waals surface area contributed by atoms with Crippen LogP contribution in [0.25, 0.3) is 0 Å². The van der Waals surface area contributed by atoms with Crippen molar-refractivity contribution in [2.75, 3.05) is 13.7 Å². The van der Waals surface area contributed by atoms with Crippen LogP contribution in [0.15, 0.2) is 12.1 Å². The minimum atomic E-state index is -0.175. The van der Waals surface area contributed by atoms with E-state index in [0.717, 1.165) is 24.0 Å². The first-order valence-electron chi connectivity index (χ1n) is 7.24. The molecule has 1 aliphatic carbocycles. The molecule has 0 atom stereocenters. The maximum absolute atomic E-state index is 13.9. The molecule has 0 saturated heterocycles. The summed E-state index contributed by atoms with van der Waals surface area (Å²) in [4.78, 5) is 0. The zero-order valence-electron chi connectivity index (χ0n) is 12.0. The van der Waals surface area contributed by atoms with Gasteiger partial charge in [-0.2, -0.15) is 0 Å². The lowest BCUT2D eigenvalue weighted by Gasteiger charge is -2.38. The first-order chi connectivity index (χ1) is 9.16. The molecule has 2 N–H and O–H groups in total.